The minimum absolute atomic E-state index is 0.0398. The zero-order chi connectivity index (χ0) is 14.6. The number of hydrogen-bond acceptors (Lipinski definition) is 3. The van der Waals surface area contributed by atoms with Crippen LogP contribution in [0.5, 0.6) is 0 Å². The summed E-state index contributed by atoms with van der Waals surface area (Å²) in [7, 11) is 0. The molecule has 0 aromatic rings. The average Bonchev–Trinajstić information content (AvgIpc) is 2.77. The van der Waals surface area contributed by atoms with Gasteiger partial charge in [-0.1, -0.05) is 12.8 Å². The van der Waals surface area contributed by atoms with Gasteiger partial charge in [0.25, 0.3) is 0 Å². The molecule has 0 aliphatic carbocycles. The summed E-state index contributed by atoms with van der Waals surface area (Å²) in [6.07, 6.45) is 7.39. The highest BCUT2D eigenvalue weighted by molar-refractivity contribution is 5.81. The van der Waals surface area contributed by atoms with Gasteiger partial charge in [0, 0.05) is 19.6 Å². The first-order chi connectivity index (χ1) is 9.49. The minimum Gasteiger partial charge on any atom is -0.390 e. The predicted octanol–water partition coefficient (Wildman–Crippen LogP) is 2.01. The van der Waals surface area contributed by atoms with Crippen LogP contribution < -0.4 is 0 Å². The molecule has 0 radical (unpaired) electrons. The first-order valence-corrected chi connectivity index (χ1v) is 8.25. The molecular formula is C16H30N2O2. The maximum Gasteiger partial charge on any atom is 0.239 e. The third-order valence-electron chi connectivity index (χ3n) is 4.92. The van der Waals surface area contributed by atoms with Crippen molar-refractivity contribution in [2.24, 2.45) is 0 Å². The zero-order valence-corrected chi connectivity index (χ0v) is 13.1. The van der Waals surface area contributed by atoms with Gasteiger partial charge in [0.05, 0.1) is 11.6 Å². The Labute approximate surface area is 123 Å². The van der Waals surface area contributed by atoms with Crippen molar-refractivity contribution in [1.29, 1.82) is 0 Å². The lowest BCUT2D eigenvalue weighted by Crippen LogP contribution is -2.48. The summed E-state index contributed by atoms with van der Waals surface area (Å²) in [6.45, 7) is 7.55. The third kappa shape index (κ3) is 4.19. The molecule has 0 aromatic carbocycles. The van der Waals surface area contributed by atoms with E-state index < -0.39 is 5.60 Å². The summed E-state index contributed by atoms with van der Waals surface area (Å²) in [6, 6.07) is -0.0398. The highest BCUT2D eigenvalue weighted by atomic mass is 16.3. The number of carbonyl (C=O) groups is 1. The van der Waals surface area contributed by atoms with Crippen LogP contribution in [0.25, 0.3) is 0 Å². The molecule has 1 amide bonds. The second-order valence-corrected chi connectivity index (χ2v) is 6.80. The Bertz CT molecular complexity index is 322. The van der Waals surface area contributed by atoms with Gasteiger partial charge in [0.15, 0.2) is 0 Å². The zero-order valence-electron chi connectivity index (χ0n) is 13.1. The number of rotatable bonds is 2. The summed E-state index contributed by atoms with van der Waals surface area (Å²) in [5.74, 6) is 0.286. The molecule has 2 atom stereocenters. The van der Waals surface area contributed by atoms with Gasteiger partial charge >= 0.3 is 0 Å². The standard InChI is InChI=1S/C16H30N2O2/c1-14(15(19)18-10-5-3-4-6-11-18)17-12-7-8-16(2,20)9-13-17/h14,20H,3-13H2,1-2H3. The Morgan fingerprint density at radius 3 is 2.30 bits per heavy atom. The summed E-state index contributed by atoms with van der Waals surface area (Å²) in [5.41, 5.74) is -0.555. The van der Waals surface area contributed by atoms with E-state index in [0.717, 1.165) is 58.3 Å². The molecular weight excluding hydrogens is 252 g/mol. The fourth-order valence-corrected chi connectivity index (χ4v) is 3.38. The SMILES string of the molecule is CC(C(=O)N1CCCCCC1)N1CCCC(C)(O)CC1. The largest absolute Gasteiger partial charge is 0.390 e. The van der Waals surface area contributed by atoms with E-state index in [1.807, 2.05) is 13.8 Å². The molecule has 2 aliphatic rings. The van der Waals surface area contributed by atoms with Crippen molar-refractivity contribution in [3.05, 3.63) is 0 Å². The summed E-state index contributed by atoms with van der Waals surface area (Å²) < 4.78 is 0. The Kier molecular flexibility index (Phi) is 5.44. The first kappa shape index (κ1) is 15.8. The molecule has 2 saturated heterocycles. The Morgan fingerprint density at radius 1 is 1.00 bits per heavy atom. The third-order valence-corrected chi connectivity index (χ3v) is 4.92. The number of aliphatic hydroxyl groups is 1. The van der Waals surface area contributed by atoms with Gasteiger partial charge < -0.3 is 10.0 Å². The average molecular weight is 282 g/mol. The van der Waals surface area contributed by atoms with Crippen LogP contribution in [0, 0.1) is 0 Å². The van der Waals surface area contributed by atoms with Crippen LogP contribution in [0.4, 0.5) is 0 Å². The maximum atomic E-state index is 12.6. The number of carbonyl (C=O) groups excluding carboxylic acids is 1. The van der Waals surface area contributed by atoms with Crippen molar-refractivity contribution >= 4 is 5.91 Å². The van der Waals surface area contributed by atoms with Crippen LogP contribution in [0.1, 0.15) is 58.8 Å². The Morgan fingerprint density at radius 2 is 1.65 bits per heavy atom. The molecule has 0 saturated carbocycles. The summed E-state index contributed by atoms with van der Waals surface area (Å²) in [4.78, 5) is 17.0. The van der Waals surface area contributed by atoms with Crippen LogP contribution in [0.2, 0.25) is 0 Å². The van der Waals surface area contributed by atoms with Crippen LogP contribution in [0.3, 0.4) is 0 Å². The highest BCUT2D eigenvalue weighted by Gasteiger charge is 2.31. The molecule has 2 unspecified atom stereocenters. The first-order valence-electron chi connectivity index (χ1n) is 8.25. The van der Waals surface area contributed by atoms with E-state index in [9.17, 15) is 9.90 Å². The van der Waals surface area contributed by atoms with Crippen LogP contribution >= 0.6 is 0 Å². The molecule has 4 nitrogen and oxygen atoms in total. The van der Waals surface area contributed by atoms with E-state index in [1.165, 1.54) is 12.8 Å². The fourth-order valence-electron chi connectivity index (χ4n) is 3.38. The lowest BCUT2D eigenvalue weighted by atomic mass is 9.98. The van der Waals surface area contributed by atoms with E-state index in [1.54, 1.807) is 0 Å². The maximum absolute atomic E-state index is 12.6. The van der Waals surface area contributed by atoms with Crippen molar-refractivity contribution in [3.63, 3.8) is 0 Å². The van der Waals surface area contributed by atoms with E-state index in [4.69, 9.17) is 0 Å². The normalized spacial score (nSPS) is 31.4. The lowest BCUT2D eigenvalue weighted by Gasteiger charge is -2.31. The van der Waals surface area contributed by atoms with Crippen LogP contribution in [-0.4, -0.2) is 58.6 Å². The molecule has 20 heavy (non-hydrogen) atoms. The van der Waals surface area contributed by atoms with E-state index in [-0.39, 0.29) is 11.9 Å². The van der Waals surface area contributed by atoms with Crippen LogP contribution in [-0.2, 0) is 4.79 Å². The molecule has 116 valence electrons. The van der Waals surface area contributed by atoms with Crippen molar-refractivity contribution in [1.82, 2.24) is 9.80 Å². The van der Waals surface area contributed by atoms with Gasteiger partial charge in [-0.15, -0.1) is 0 Å². The van der Waals surface area contributed by atoms with Gasteiger partial charge in [-0.05, 0) is 52.5 Å². The second-order valence-electron chi connectivity index (χ2n) is 6.80. The molecule has 0 bridgehead atoms. The number of nitrogens with zero attached hydrogens (tertiary/aromatic N) is 2. The highest BCUT2D eigenvalue weighted by Crippen LogP contribution is 2.23. The van der Waals surface area contributed by atoms with Crippen molar-refractivity contribution in [3.8, 4) is 0 Å². The van der Waals surface area contributed by atoms with Gasteiger partial charge in [0.1, 0.15) is 0 Å². The number of amides is 1. The predicted molar refractivity (Wildman–Crippen MR) is 80.6 cm³/mol. The number of likely N-dealkylation sites (tertiary alicyclic amines) is 2. The summed E-state index contributed by atoms with van der Waals surface area (Å²) >= 11 is 0. The van der Waals surface area contributed by atoms with Gasteiger partial charge in [-0.25, -0.2) is 0 Å². The summed E-state index contributed by atoms with van der Waals surface area (Å²) in [5, 5.41) is 10.2. The molecule has 2 aliphatic heterocycles. The van der Waals surface area contributed by atoms with Gasteiger partial charge in [0.2, 0.25) is 5.91 Å². The second kappa shape index (κ2) is 6.90. The van der Waals surface area contributed by atoms with Crippen LogP contribution in [0.15, 0.2) is 0 Å². The molecule has 4 heteroatoms. The molecule has 0 aromatic heterocycles. The molecule has 2 heterocycles. The Hall–Kier alpha value is -0.610. The van der Waals surface area contributed by atoms with E-state index >= 15 is 0 Å². The van der Waals surface area contributed by atoms with Gasteiger partial charge in [-0.3, -0.25) is 9.69 Å². The van der Waals surface area contributed by atoms with Gasteiger partial charge in [-0.2, -0.15) is 0 Å². The quantitative estimate of drug-likeness (QED) is 0.842. The van der Waals surface area contributed by atoms with Crippen molar-refractivity contribution in [2.45, 2.75) is 70.4 Å². The van der Waals surface area contributed by atoms with E-state index in [0.29, 0.717) is 0 Å². The smallest absolute Gasteiger partial charge is 0.239 e. The molecule has 1 N–H and O–H groups in total. The topological polar surface area (TPSA) is 43.8 Å². The molecule has 2 fully saturated rings. The molecule has 2 rings (SSSR count). The number of hydrogen-bond donors (Lipinski definition) is 1. The lowest BCUT2D eigenvalue weighted by molar-refractivity contribution is -0.136. The fraction of sp³-hybridized carbons (Fsp3) is 0.938. The van der Waals surface area contributed by atoms with E-state index in [2.05, 4.69) is 9.80 Å². The molecule has 0 spiro atoms. The Balaban J connectivity index is 1.92. The minimum atomic E-state index is -0.555. The van der Waals surface area contributed by atoms with Crippen molar-refractivity contribution in [2.75, 3.05) is 26.2 Å². The van der Waals surface area contributed by atoms with Crippen molar-refractivity contribution < 1.29 is 9.90 Å². The monoisotopic (exact) mass is 282 g/mol.